The molecule has 0 aromatic carbocycles. The van der Waals surface area contributed by atoms with Crippen LogP contribution in [0.5, 0.6) is 0 Å². The Morgan fingerprint density at radius 1 is 1.44 bits per heavy atom. The fraction of sp³-hybridized carbons (Fsp3) is 0.714. The van der Waals surface area contributed by atoms with Gasteiger partial charge >= 0.3 is 0 Å². The van der Waals surface area contributed by atoms with Gasteiger partial charge in [-0.05, 0) is 18.8 Å². The average Bonchev–Trinajstić information content (AvgIpc) is 2.69. The number of aldehydes is 1. The summed E-state index contributed by atoms with van der Waals surface area (Å²) in [6.07, 6.45) is 2.83. The molecule has 0 spiro atoms. The van der Waals surface area contributed by atoms with E-state index in [-0.39, 0.29) is 5.41 Å². The van der Waals surface area contributed by atoms with Crippen LogP contribution >= 0.6 is 11.3 Å². The maximum Gasteiger partial charge on any atom is 0.186 e. The number of carbonyl (C=O) groups is 1. The molecule has 0 saturated carbocycles. The Kier molecular flexibility index (Phi) is 4.91. The molecule has 0 fully saturated rings. The number of thiazole rings is 1. The summed E-state index contributed by atoms with van der Waals surface area (Å²) in [5, 5.41) is 0.947. The van der Waals surface area contributed by atoms with Gasteiger partial charge in [-0.2, -0.15) is 0 Å². The fourth-order valence-electron chi connectivity index (χ4n) is 1.76. The zero-order valence-electron chi connectivity index (χ0n) is 12.3. The van der Waals surface area contributed by atoms with E-state index >= 15 is 0 Å². The van der Waals surface area contributed by atoms with Crippen LogP contribution in [-0.2, 0) is 6.42 Å². The first kappa shape index (κ1) is 15.2. The van der Waals surface area contributed by atoms with Crippen LogP contribution < -0.4 is 4.90 Å². The molecule has 0 N–H and O–H groups in total. The summed E-state index contributed by atoms with van der Waals surface area (Å²) in [5.74, 6) is 0. The van der Waals surface area contributed by atoms with Gasteiger partial charge in [-0.15, -0.1) is 0 Å². The molecule has 3 nitrogen and oxygen atoms in total. The van der Waals surface area contributed by atoms with Gasteiger partial charge < -0.3 is 4.90 Å². The molecular formula is C14H24N2OS. The molecule has 0 amide bonds. The normalized spacial score (nSPS) is 13.4. The summed E-state index contributed by atoms with van der Waals surface area (Å²) >= 11 is 1.50. The van der Waals surface area contributed by atoms with Crippen molar-refractivity contribution in [3.63, 3.8) is 0 Å². The van der Waals surface area contributed by atoms with Gasteiger partial charge in [0, 0.05) is 13.1 Å². The van der Waals surface area contributed by atoms with Crippen molar-refractivity contribution >= 4 is 22.8 Å². The lowest BCUT2D eigenvalue weighted by molar-refractivity contribution is 0.112. The Labute approximate surface area is 114 Å². The Hall–Kier alpha value is -0.900. The predicted molar refractivity (Wildman–Crippen MR) is 78.8 cm³/mol. The fourth-order valence-corrected chi connectivity index (χ4v) is 2.72. The number of nitrogens with zero attached hydrogens (tertiary/aromatic N) is 2. The van der Waals surface area contributed by atoms with Crippen molar-refractivity contribution in [1.29, 1.82) is 0 Å². The van der Waals surface area contributed by atoms with E-state index < -0.39 is 0 Å². The topological polar surface area (TPSA) is 33.2 Å². The Balaban J connectivity index is 2.99. The number of aromatic nitrogens is 1. The maximum atomic E-state index is 11.1. The summed E-state index contributed by atoms with van der Waals surface area (Å²) in [7, 11) is 2.05. The predicted octanol–water partition coefficient (Wildman–Crippen LogP) is 3.78. The van der Waals surface area contributed by atoms with Crippen LogP contribution in [0.15, 0.2) is 0 Å². The van der Waals surface area contributed by atoms with E-state index in [2.05, 4.69) is 51.6 Å². The lowest BCUT2D eigenvalue weighted by Gasteiger charge is -2.35. The number of anilines is 1. The molecule has 0 aliphatic rings. The first-order valence-electron chi connectivity index (χ1n) is 6.49. The van der Waals surface area contributed by atoms with E-state index in [1.54, 1.807) is 0 Å². The standard InChI is InChI=1S/C14H24N2OS/c1-7-8-11-12(9-17)18-13(15-11)16(6)10(2)14(3,4)5/h9-10H,7-8H2,1-6H3. The molecule has 1 rings (SSSR count). The first-order chi connectivity index (χ1) is 8.31. The monoisotopic (exact) mass is 268 g/mol. The van der Waals surface area contributed by atoms with Crippen LogP contribution in [-0.4, -0.2) is 24.4 Å². The van der Waals surface area contributed by atoms with E-state index in [4.69, 9.17) is 0 Å². The Morgan fingerprint density at radius 3 is 2.50 bits per heavy atom. The molecule has 0 aliphatic heterocycles. The molecule has 1 heterocycles. The molecule has 1 atom stereocenters. The van der Waals surface area contributed by atoms with Crippen molar-refractivity contribution in [2.45, 2.75) is 53.5 Å². The van der Waals surface area contributed by atoms with Gasteiger partial charge in [0.1, 0.15) is 0 Å². The minimum Gasteiger partial charge on any atom is -0.348 e. The summed E-state index contributed by atoms with van der Waals surface area (Å²) in [6, 6.07) is 0.373. The molecule has 1 unspecified atom stereocenters. The number of hydrogen-bond donors (Lipinski definition) is 0. The SMILES string of the molecule is CCCc1nc(N(C)C(C)C(C)(C)C)sc1C=O. The van der Waals surface area contributed by atoms with Gasteiger partial charge in [0.05, 0.1) is 10.6 Å². The molecule has 0 bridgehead atoms. The van der Waals surface area contributed by atoms with E-state index in [1.165, 1.54) is 11.3 Å². The van der Waals surface area contributed by atoms with Crippen LogP contribution in [0.4, 0.5) is 5.13 Å². The second kappa shape index (κ2) is 5.83. The molecule has 1 aromatic heterocycles. The Morgan fingerprint density at radius 2 is 2.06 bits per heavy atom. The Bertz CT molecular complexity index is 406. The van der Waals surface area contributed by atoms with Crippen LogP contribution in [0, 0.1) is 5.41 Å². The molecular weight excluding hydrogens is 244 g/mol. The zero-order valence-corrected chi connectivity index (χ0v) is 13.1. The van der Waals surface area contributed by atoms with Crippen molar-refractivity contribution in [3.05, 3.63) is 10.6 Å². The minimum atomic E-state index is 0.187. The number of carbonyl (C=O) groups excluding carboxylic acids is 1. The average molecular weight is 268 g/mol. The maximum absolute atomic E-state index is 11.1. The lowest BCUT2D eigenvalue weighted by Crippen LogP contribution is -2.39. The number of aryl methyl sites for hydroxylation is 1. The summed E-state index contributed by atoms with van der Waals surface area (Å²) in [5.41, 5.74) is 1.13. The number of hydrogen-bond acceptors (Lipinski definition) is 4. The quantitative estimate of drug-likeness (QED) is 0.762. The second-order valence-corrected chi connectivity index (χ2v) is 6.84. The van der Waals surface area contributed by atoms with Gasteiger partial charge in [0.2, 0.25) is 0 Å². The molecule has 0 aliphatic carbocycles. The highest BCUT2D eigenvalue weighted by molar-refractivity contribution is 7.17. The van der Waals surface area contributed by atoms with Crippen molar-refractivity contribution in [1.82, 2.24) is 4.98 Å². The number of rotatable bonds is 5. The third kappa shape index (κ3) is 3.31. The van der Waals surface area contributed by atoms with Crippen molar-refractivity contribution in [3.8, 4) is 0 Å². The molecule has 18 heavy (non-hydrogen) atoms. The highest BCUT2D eigenvalue weighted by Gasteiger charge is 2.26. The van der Waals surface area contributed by atoms with Crippen molar-refractivity contribution in [2.75, 3.05) is 11.9 Å². The van der Waals surface area contributed by atoms with Gasteiger partial charge in [0.15, 0.2) is 11.4 Å². The third-order valence-corrected chi connectivity index (χ3v) is 4.56. The van der Waals surface area contributed by atoms with Crippen LogP contribution in [0.25, 0.3) is 0 Å². The van der Waals surface area contributed by atoms with Crippen LogP contribution in [0.3, 0.4) is 0 Å². The van der Waals surface area contributed by atoms with Crippen LogP contribution in [0.1, 0.15) is 56.4 Å². The summed E-state index contributed by atoms with van der Waals surface area (Å²) < 4.78 is 0. The van der Waals surface area contributed by atoms with E-state index in [9.17, 15) is 4.79 Å². The smallest absolute Gasteiger partial charge is 0.186 e. The van der Waals surface area contributed by atoms with E-state index in [0.717, 1.165) is 34.8 Å². The lowest BCUT2D eigenvalue weighted by atomic mass is 9.87. The molecule has 1 aromatic rings. The molecule has 0 saturated heterocycles. The second-order valence-electron chi connectivity index (χ2n) is 5.83. The van der Waals surface area contributed by atoms with Crippen molar-refractivity contribution in [2.24, 2.45) is 5.41 Å². The summed E-state index contributed by atoms with van der Waals surface area (Å²) in [6.45, 7) is 11.0. The summed E-state index contributed by atoms with van der Waals surface area (Å²) in [4.78, 5) is 18.6. The van der Waals surface area contributed by atoms with E-state index in [1.807, 2.05) is 0 Å². The molecule has 102 valence electrons. The largest absolute Gasteiger partial charge is 0.348 e. The highest BCUT2D eigenvalue weighted by atomic mass is 32.1. The third-order valence-electron chi connectivity index (χ3n) is 3.45. The van der Waals surface area contributed by atoms with E-state index in [0.29, 0.717) is 6.04 Å². The van der Waals surface area contributed by atoms with Gasteiger partial charge in [-0.25, -0.2) is 4.98 Å². The van der Waals surface area contributed by atoms with Crippen molar-refractivity contribution < 1.29 is 4.79 Å². The van der Waals surface area contributed by atoms with Gasteiger partial charge in [-0.3, -0.25) is 4.79 Å². The highest BCUT2D eigenvalue weighted by Crippen LogP contribution is 2.31. The van der Waals surface area contributed by atoms with Crippen LogP contribution in [0.2, 0.25) is 0 Å². The zero-order chi connectivity index (χ0) is 13.9. The first-order valence-corrected chi connectivity index (χ1v) is 7.30. The van der Waals surface area contributed by atoms with Gasteiger partial charge in [0.25, 0.3) is 0 Å². The van der Waals surface area contributed by atoms with Gasteiger partial charge in [-0.1, -0.05) is 45.5 Å². The minimum absolute atomic E-state index is 0.187. The molecule has 4 heteroatoms. The molecule has 0 radical (unpaired) electrons.